The molecule has 2 aliphatic rings. The van der Waals surface area contributed by atoms with Crippen molar-refractivity contribution in [3.8, 4) is 0 Å². The summed E-state index contributed by atoms with van der Waals surface area (Å²) in [4.78, 5) is 0. The number of rotatable bonds is 1. The minimum absolute atomic E-state index is 0. The molecule has 178 valence electrons. The van der Waals surface area contributed by atoms with Gasteiger partial charge in [0.2, 0.25) is 9.12 Å². The van der Waals surface area contributed by atoms with Crippen molar-refractivity contribution < 1.29 is 0 Å². The van der Waals surface area contributed by atoms with Gasteiger partial charge >= 0.3 is 8.43 Å². The third-order valence-electron chi connectivity index (χ3n) is 5.34. The number of hydrogen-bond acceptors (Lipinski definition) is 4. The van der Waals surface area contributed by atoms with E-state index >= 15 is 0 Å². The van der Waals surface area contributed by atoms with Crippen molar-refractivity contribution in [3.05, 3.63) is 24.8 Å². The van der Waals surface area contributed by atoms with Gasteiger partial charge in [0.1, 0.15) is 0 Å². The Bertz CT molecular complexity index is 546. The van der Waals surface area contributed by atoms with E-state index in [0.717, 1.165) is 0 Å². The summed E-state index contributed by atoms with van der Waals surface area (Å²) in [6.07, 6.45) is 8.86. The molecule has 0 fully saturated rings. The Morgan fingerprint density at radius 1 is 0.567 bits per heavy atom. The van der Waals surface area contributed by atoms with Crippen molar-refractivity contribution in [1.82, 2.24) is 18.3 Å². The molecule has 0 amide bonds. The SMILES string of the molecule is C.CC(C)(C)N1C=CN(C(C)(C)C)[SiH]1Cl.CC[SiH]1N(C(C)(C)C)C=CN1C(C)(C)C. The molecule has 0 bridgehead atoms. The van der Waals surface area contributed by atoms with E-state index in [1.807, 2.05) is 0 Å². The first-order valence-corrected chi connectivity index (χ1v) is 15.6. The Morgan fingerprint density at radius 2 is 0.800 bits per heavy atom. The van der Waals surface area contributed by atoms with Gasteiger partial charge in [0.15, 0.2) is 0 Å². The van der Waals surface area contributed by atoms with Crippen molar-refractivity contribution >= 4 is 28.6 Å². The molecule has 0 aliphatic carbocycles. The van der Waals surface area contributed by atoms with Crippen LogP contribution in [0.1, 0.15) is 97.4 Å². The van der Waals surface area contributed by atoms with E-state index in [1.165, 1.54) is 6.04 Å². The molecule has 2 heterocycles. The summed E-state index contributed by atoms with van der Waals surface area (Å²) in [6, 6.07) is 1.29. The molecule has 0 saturated carbocycles. The average Bonchev–Trinajstić information content (AvgIpc) is 3.08. The Labute approximate surface area is 197 Å². The quantitative estimate of drug-likeness (QED) is 0.332. The molecule has 0 aromatic rings. The molecule has 0 N–H and O–H groups in total. The van der Waals surface area contributed by atoms with E-state index < -0.39 is 17.5 Å². The molecule has 4 nitrogen and oxygen atoms in total. The fourth-order valence-corrected chi connectivity index (χ4v) is 11.2. The second-order valence-electron chi connectivity index (χ2n) is 12.1. The normalized spacial score (nSPS) is 18.7. The Hall–Kier alpha value is -0.596. The monoisotopic (exact) mass is 474 g/mol. The molecular formula is C23H51ClN4Si2. The highest BCUT2D eigenvalue weighted by molar-refractivity contribution is 7.04. The van der Waals surface area contributed by atoms with Gasteiger partial charge in [-0.15, -0.1) is 11.1 Å². The maximum absolute atomic E-state index is 6.54. The maximum Gasteiger partial charge on any atom is 0.349 e. The van der Waals surface area contributed by atoms with Crippen molar-refractivity contribution in [2.24, 2.45) is 0 Å². The molecule has 0 radical (unpaired) electrons. The Kier molecular flexibility index (Phi) is 9.71. The standard InChI is InChI=1S/C12H26N2Si.C10H21ClN2Si.CH4/c1-8-15-13(11(2,3)4)9-10-14(15)12(5,6)7;1-9(2,3)12-7-8-13(14(12)11)10(4,5)6;/h9-10,15H,8H2,1-7H3;7-8,14H,1-6H3;1H4. The van der Waals surface area contributed by atoms with Crippen molar-refractivity contribution in [2.75, 3.05) is 0 Å². The molecule has 2 aliphatic heterocycles. The van der Waals surface area contributed by atoms with Crippen LogP contribution in [0, 0.1) is 0 Å². The zero-order valence-electron chi connectivity index (χ0n) is 21.3. The van der Waals surface area contributed by atoms with Gasteiger partial charge in [-0.1, -0.05) is 14.4 Å². The van der Waals surface area contributed by atoms with E-state index in [0.29, 0.717) is 0 Å². The zero-order chi connectivity index (χ0) is 23.0. The minimum atomic E-state index is -1.50. The first-order valence-electron chi connectivity index (χ1n) is 11.0. The van der Waals surface area contributed by atoms with E-state index in [9.17, 15) is 0 Å². The van der Waals surface area contributed by atoms with Crippen LogP contribution in [0.4, 0.5) is 0 Å². The summed E-state index contributed by atoms with van der Waals surface area (Å²) in [5.74, 6) is 0. The number of halogens is 1. The van der Waals surface area contributed by atoms with Gasteiger partial charge in [0.05, 0.1) is 0 Å². The van der Waals surface area contributed by atoms with Crippen LogP contribution in [0.15, 0.2) is 24.8 Å². The Morgan fingerprint density at radius 3 is 0.967 bits per heavy atom. The molecule has 0 atom stereocenters. The van der Waals surface area contributed by atoms with E-state index in [2.05, 4.69) is 133 Å². The summed E-state index contributed by atoms with van der Waals surface area (Å²) in [6.45, 7) is 29.4. The van der Waals surface area contributed by atoms with Gasteiger partial charge in [0.25, 0.3) is 0 Å². The topological polar surface area (TPSA) is 13.0 Å². The van der Waals surface area contributed by atoms with Crippen LogP contribution in [0.2, 0.25) is 6.04 Å². The van der Waals surface area contributed by atoms with Crippen LogP contribution in [0.3, 0.4) is 0 Å². The lowest BCUT2D eigenvalue weighted by Crippen LogP contribution is -2.55. The molecule has 0 aromatic heterocycles. The van der Waals surface area contributed by atoms with Gasteiger partial charge in [-0.05, 0) is 89.1 Å². The van der Waals surface area contributed by atoms with E-state index in [4.69, 9.17) is 11.1 Å². The zero-order valence-corrected chi connectivity index (χ0v) is 24.4. The van der Waals surface area contributed by atoms with Gasteiger partial charge in [0, 0.05) is 47.0 Å². The van der Waals surface area contributed by atoms with Crippen molar-refractivity contribution in [2.45, 2.75) is 126 Å². The summed E-state index contributed by atoms with van der Waals surface area (Å²) < 4.78 is 9.80. The van der Waals surface area contributed by atoms with Crippen LogP contribution < -0.4 is 0 Å². The number of hydrogen-bond donors (Lipinski definition) is 0. The molecule has 0 aromatic carbocycles. The fourth-order valence-electron chi connectivity index (χ4n) is 3.72. The minimum Gasteiger partial charge on any atom is -0.383 e. The van der Waals surface area contributed by atoms with Crippen LogP contribution in [0.25, 0.3) is 0 Å². The van der Waals surface area contributed by atoms with Crippen LogP contribution >= 0.6 is 11.1 Å². The van der Waals surface area contributed by atoms with Crippen molar-refractivity contribution in [1.29, 1.82) is 0 Å². The first-order chi connectivity index (χ1) is 12.8. The predicted octanol–water partition coefficient (Wildman–Crippen LogP) is 6.18. The second-order valence-corrected chi connectivity index (χ2v) is 17.9. The summed E-state index contributed by atoms with van der Waals surface area (Å²) >= 11 is 6.54. The fraction of sp³-hybridized carbons (Fsp3) is 0.826. The number of nitrogens with zero attached hydrogens (tertiary/aromatic N) is 4. The van der Waals surface area contributed by atoms with Gasteiger partial charge in [-0.2, -0.15) is 0 Å². The highest BCUT2D eigenvalue weighted by atomic mass is 35.6. The van der Waals surface area contributed by atoms with Crippen LogP contribution in [-0.2, 0) is 0 Å². The van der Waals surface area contributed by atoms with Crippen LogP contribution in [0.5, 0.6) is 0 Å². The third kappa shape index (κ3) is 7.23. The molecule has 0 unspecified atom stereocenters. The summed E-state index contributed by atoms with van der Waals surface area (Å²) in [7, 11) is -2.49. The Balaban J connectivity index is 0.000000544. The summed E-state index contributed by atoms with van der Waals surface area (Å²) in [5, 5.41) is 0. The van der Waals surface area contributed by atoms with Gasteiger partial charge in [-0.3, -0.25) is 0 Å². The summed E-state index contributed by atoms with van der Waals surface area (Å²) in [5.41, 5.74) is 0.803. The molecule has 0 spiro atoms. The molecule has 30 heavy (non-hydrogen) atoms. The molecule has 7 heteroatoms. The molecular weight excluding hydrogens is 424 g/mol. The van der Waals surface area contributed by atoms with Gasteiger partial charge < -0.3 is 18.3 Å². The van der Waals surface area contributed by atoms with Gasteiger partial charge in [-0.25, -0.2) is 0 Å². The molecule has 0 saturated heterocycles. The third-order valence-corrected chi connectivity index (χ3v) is 13.3. The predicted molar refractivity (Wildman–Crippen MR) is 142 cm³/mol. The maximum atomic E-state index is 6.54. The largest absolute Gasteiger partial charge is 0.383 e. The smallest absolute Gasteiger partial charge is 0.349 e. The second kappa shape index (κ2) is 9.91. The van der Waals surface area contributed by atoms with Crippen molar-refractivity contribution in [3.63, 3.8) is 0 Å². The highest BCUT2D eigenvalue weighted by Gasteiger charge is 2.39. The lowest BCUT2D eigenvalue weighted by atomic mass is 10.1. The van der Waals surface area contributed by atoms with Crippen LogP contribution in [-0.4, -0.2) is 58.0 Å². The molecule has 2 rings (SSSR count). The highest BCUT2D eigenvalue weighted by Crippen LogP contribution is 2.31. The lowest BCUT2D eigenvalue weighted by molar-refractivity contribution is 0.280. The lowest BCUT2D eigenvalue weighted by Gasteiger charge is -2.44. The van der Waals surface area contributed by atoms with E-state index in [1.54, 1.807) is 0 Å². The first kappa shape index (κ1) is 29.4. The van der Waals surface area contributed by atoms with E-state index in [-0.39, 0.29) is 29.6 Å². The average molecular weight is 475 g/mol.